The molecular weight excluding hydrogens is 276 g/mol. The fraction of sp³-hybridized carbons (Fsp3) is 0.385. The summed E-state index contributed by atoms with van der Waals surface area (Å²) in [5, 5.41) is 12.6. The first kappa shape index (κ1) is 14.7. The number of rotatable bonds is 4. The van der Waals surface area contributed by atoms with E-state index >= 15 is 0 Å². The maximum atomic E-state index is 11.5. The molecule has 0 saturated carbocycles. The summed E-state index contributed by atoms with van der Waals surface area (Å²) >= 11 is 0. The third kappa shape index (κ3) is 2.73. The van der Waals surface area contributed by atoms with Crippen LogP contribution in [0.2, 0.25) is 0 Å². The SMILES string of the molecule is CCn1c(-c2ccc(C(C)C)cc2)nnc1S(N)(=O)=O. The molecule has 0 saturated heterocycles. The Kier molecular flexibility index (Phi) is 3.92. The molecule has 1 heterocycles. The number of hydrogen-bond acceptors (Lipinski definition) is 4. The zero-order chi connectivity index (χ0) is 14.9. The highest BCUT2D eigenvalue weighted by Crippen LogP contribution is 2.22. The van der Waals surface area contributed by atoms with E-state index in [2.05, 4.69) is 24.0 Å². The number of sulfonamides is 1. The smallest absolute Gasteiger partial charge is 0.273 e. The number of primary sulfonamides is 1. The van der Waals surface area contributed by atoms with Crippen molar-refractivity contribution in [1.82, 2.24) is 14.8 Å². The van der Waals surface area contributed by atoms with E-state index in [1.807, 2.05) is 31.2 Å². The van der Waals surface area contributed by atoms with E-state index in [1.165, 1.54) is 10.1 Å². The molecule has 0 aliphatic carbocycles. The van der Waals surface area contributed by atoms with Gasteiger partial charge in [-0.1, -0.05) is 38.1 Å². The fourth-order valence-corrected chi connectivity index (χ4v) is 2.69. The summed E-state index contributed by atoms with van der Waals surface area (Å²) in [7, 11) is -3.86. The molecule has 20 heavy (non-hydrogen) atoms. The molecule has 1 aromatic heterocycles. The Morgan fingerprint density at radius 1 is 1.20 bits per heavy atom. The molecule has 0 bridgehead atoms. The van der Waals surface area contributed by atoms with Gasteiger partial charge in [0.05, 0.1) is 0 Å². The molecule has 0 aliphatic rings. The monoisotopic (exact) mass is 294 g/mol. The summed E-state index contributed by atoms with van der Waals surface area (Å²) in [6.45, 7) is 6.48. The van der Waals surface area contributed by atoms with E-state index in [-0.39, 0.29) is 5.16 Å². The van der Waals surface area contributed by atoms with E-state index in [9.17, 15) is 8.42 Å². The summed E-state index contributed by atoms with van der Waals surface area (Å²) in [4.78, 5) is 0. The average molecular weight is 294 g/mol. The van der Waals surface area contributed by atoms with Crippen molar-refractivity contribution in [2.75, 3.05) is 0 Å². The van der Waals surface area contributed by atoms with E-state index in [0.717, 1.165) is 5.56 Å². The lowest BCUT2D eigenvalue weighted by Crippen LogP contribution is -2.18. The fourth-order valence-electron chi connectivity index (χ4n) is 2.01. The number of nitrogens with zero attached hydrogens (tertiary/aromatic N) is 3. The molecule has 1 aromatic carbocycles. The van der Waals surface area contributed by atoms with Gasteiger partial charge >= 0.3 is 0 Å². The van der Waals surface area contributed by atoms with Crippen molar-refractivity contribution >= 4 is 10.0 Å². The highest BCUT2D eigenvalue weighted by molar-refractivity contribution is 7.89. The average Bonchev–Trinajstić information content (AvgIpc) is 2.82. The molecule has 0 fully saturated rings. The van der Waals surface area contributed by atoms with E-state index in [0.29, 0.717) is 18.3 Å². The molecule has 0 unspecified atom stereocenters. The van der Waals surface area contributed by atoms with Crippen LogP contribution in [0.1, 0.15) is 32.3 Å². The molecule has 2 rings (SSSR count). The van der Waals surface area contributed by atoms with Crippen LogP contribution in [0.3, 0.4) is 0 Å². The standard InChI is InChI=1S/C13H18N4O2S/c1-4-17-12(15-16-13(17)20(14,18)19)11-7-5-10(6-8-11)9(2)3/h5-9H,4H2,1-3H3,(H2,14,18,19). The van der Waals surface area contributed by atoms with Crippen molar-refractivity contribution in [3.05, 3.63) is 29.8 Å². The third-order valence-electron chi connectivity index (χ3n) is 3.12. The van der Waals surface area contributed by atoms with E-state index in [4.69, 9.17) is 5.14 Å². The van der Waals surface area contributed by atoms with Crippen molar-refractivity contribution < 1.29 is 8.42 Å². The normalized spacial score (nSPS) is 12.1. The first-order valence-corrected chi connectivity index (χ1v) is 7.95. The van der Waals surface area contributed by atoms with Gasteiger partial charge in [-0.3, -0.25) is 4.57 Å². The van der Waals surface area contributed by atoms with Gasteiger partial charge in [-0.2, -0.15) is 0 Å². The maximum Gasteiger partial charge on any atom is 0.273 e. The second-order valence-electron chi connectivity index (χ2n) is 4.87. The van der Waals surface area contributed by atoms with Crippen LogP contribution in [0, 0.1) is 0 Å². The Labute approximate surface area is 118 Å². The maximum absolute atomic E-state index is 11.5. The van der Waals surface area contributed by atoms with Crippen LogP contribution in [-0.2, 0) is 16.6 Å². The summed E-state index contributed by atoms with van der Waals surface area (Å²) < 4.78 is 24.4. The first-order valence-electron chi connectivity index (χ1n) is 6.41. The summed E-state index contributed by atoms with van der Waals surface area (Å²) in [6.07, 6.45) is 0. The van der Waals surface area contributed by atoms with Gasteiger partial charge in [-0.05, 0) is 18.4 Å². The van der Waals surface area contributed by atoms with Crippen molar-refractivity contribution in [2.45, 2.75) is 38.4 Å². The van der Waals surface area contributed by atoms with Crippen molar-refractivity contribution in [3.8, 4) is 11.4 Å². The quantitative estimate of drug-likeness (QED) is 0.929. The van der Waals surface area contributed by atoms with Crippen LogP contribution in [0.25, 0.3) is 11.4 Å². The second kappa shape index (κ2) is 5.34. The topological polar surface area (TPSA) is 90.9 Å². The molecule has 7 heteroatoms. The second-order valence-corrected chi connectivity index (χ2v) is 6.33. The highest BCUT2D eigenvalue weighted by Gasteiger charge is 2.20. The van der Waals surface area contributed by atoms with Gasteiger partial charge in [0.2, 0.25) is 0 Å². The number of nitrogens with two attached hydrogens (primary N) is 1. The molecule has 6 nitrogen and oxygen atoms in total. The van der Waals surface area contributed by atoms with Gasteiger partial charge in [-0.25, -0.2) is 13.6 Å². The molecule has 2 N–H and O–H groups in total. The van der Waals surface area contributed by atoms with Crippen molar-refractivity contribution in [1.29, 1.82) is 0 Å². The number of hydrogen-bond donors (Lipinski definition) is 1. The lowest BCUT2D eigenvalue weighted by atomic mass is 10.0. The van der Waals surface area contributed by atoms with Crippen LogP contribution < -0.4 is 5.14 Å². The van der Waals surface area contributed by atoms with Gasteiger partial charge in [0.25, 0.3) is 15.2 Å². The van der Waals surface area contributed by atoms with E-state index < -0.39 is 10.0 Å². The molecule has 0 spiro atoms. The third-order valence-corrected chi connectivity index (χ3v) is 3.93. The highest BCUT2D eigenvalue weighted by atomic mass is 32.2. The van der Waals surface area contributed by atoms with Crippen LogP contribution in [0.5, 0.6) is 0 Å². The van der Waals surface area contributed by atoms with Gasteiger partial charge in [-0.15, -0.1) is 10.2 Å². The number of aromatic nitrogens is 3. The first-order chi connectivity index (χ1) is 9.34. The molecule has 0 atom stereocenters. The largest absolute Gasteiger partial charge is 0.297 e. The minimum atomic E-state index is -3.86. The number of benzene rings is 1. The Morgan fingerprint density at radius 2 is 1.80 bits per heavy atom. The predicted octanol–water partition coefficient (Wildman–Crippen LogP) is 1.74. The lowest BCUT2D eigenvalue weighted by molar-refractivity contribution is 0.571. The minimum Gasteiger partial charge on any atom is -0.297 e. The summed E-state index contributed by atoms with van der Waals surface area (Å²) in [5.41, 5.74) is 2.03. The van der Waals surface area contributed by atoms with E-state index in [1.54, 1.807) is 0 Å². The molecular formula is C13H18N4O2S. The minimum absolute atomic E-state index is 0.206. The Balaban J connectivity index is 2.51. The van der Waals surface area contributed by atoms with Crippen LogP contribution in [-0.4, -0.2) is 23.2 Å². The molecule has 0 amide bonds. The van der Waals surface area contributed by atoms with Crippen LogP contribution in [0.15, 0.2) is 29.4 Å². The lowest BCUT2D eigenvalue weighted by Gasteiger charge is -2.08. The predicted molar refractivity (Wildman–Crippen MR) is 76.6 cm³/mol. The van der Waals surface area contributed by atoms with Gasteiger partial charge in [0.1, 0.15) is 0 Å². The molecule has 0 aliphatic heterocycles. The molecule has 0 radical (unpaired) electrons. The van der Waals surface area contributed by atoms with Crippen molar-refractivity contribution in [3.63, 3.8) is 0 Å². The van der Waals surface area contributed by atoms with Gasteiger partial charge < -0.3 is 0 Å². The van der Waals surface area contributed by atoms with Gasteiger partial charge in [0.15, 0.2) is 5.82 Å². The summed E-state index contributed by atoms with van der Waals surface area (Å²) in [6, 6.07) is 7.84. The van der Waals surface area contributed by atoms with Crippen LogP contribution >= 0.6 is 0 Å². The Bertz CT molecular complexity index is 702. The zero-order valence-electron chi connectivity index (χ0n) is 11.7. The van der Waals surface area contributed by atoms with Crippen LogP contribution in [0.4, 0.5) is 0 Å². The molecule has 2 aromatic rings. The van der Waals surface area contributed by atoms with Crippen molar-refractivity contribution in [2.24, 2.45) is 5.14 Å². The zero-order valence-corrected chi connectivity index (χ0v) is 12.6. The van der Waals surface area contributed by atoms with Gasteiger partial charge in [0, 0.05) is 12.1 Å². The Hall–Kier alpha value is -1.73. The summed E-state index contributed by atoms with van der Waals surface area (Å²) in [5.74, 6) is 0.944. The molecule has 108 valence electrons. The Morgan fingerprint density at radius 3 is 2.25 bits per heavy atom.